The number of rotatable bonds is 3. The number of phenolic OH excluding ortho intramolecular Hbond substituents is 1. The summed E-state index contributed by atoms with van der Waals surface area (Å²) in [5.41, 5.74) is 0.988. The lowest BCUT2D eigenvalue weighted by molar-refractivity contribution is 0.304. The molecule has 1 N–H and O–H groups in total. The van der Waals surface area contributed by atoms with Crippen LogP contribution >= 0.6 is 12.6 Å². The third-order valence-corrected chi connectivity index (χ3v) is 2.29. The van der Waals surface area contributed by atoms with Crippen molar-refractivity contribution in [2.24, 2.45) is 0 Å². The lowest BCUT2D eigenvalue weighted by Crippen LogP contribution is -1.95. The van der Waals surface area contributed by atoms with Crippen LogP contribution in [-0.2, 0) is 6.61 Å². The van der Waals surface area contributed by atoms with Crippen molar-refractivity contribution in [1.82, 2.24) is 4.98 Å². The smallest absolute Gasteiger partial charge is 0.139 e. The average molecular weight is 233 g/mol. The Morgan fingerprint density at radius 1 is 1.19 bits per heavy atom. The number of ether oxygens (including phenoxy) is 1. The molecule has 82 valence electrons. The summed E-state index contributed by atoms with van der Waals surface area (Å²) in [6.07, 6.45) is 3.29. The molecule has 0 aliphatic rings. The zero-order valence-corrected chi connectivity index (χ0v) is 9.39. The second-order valence-electron chi connectivity index (χ2n) is 3.33. The van der Waals surface area contributed by atoms with Crippen molar-refractivity contribution in [2.45, 2.75) is 11.5 Å². The molecule has 0 aliphatic heterocycles. The van der Waals surface area contributed by atoms with Gasteiger partial charge in [-0.3, -0.25) is 4.98 Å². The molecule has 3 nitrogen and oxygen atoms in total. The fourth-order valence-electron chi connectivity index (χ4n) is 1.25. The van der Waals surface area contributed by atoms with Crippen LogP contribution in [0.15, 0.2) is 47.6 Å². The number of thiol groups is 1. The summed E-state index contributed by atoms with van der Waals surface area (Å²) in [4.78, 5) is 4.74. The first-order chi connectivity index (χ1) is 7.74. The lowest BCUT2D eigenvalue weighted by atomic mass is 10.2. The molecule has 4 heteroatoms. The van der Waals surface area contributed by atoms with Crippen molar-refractivity contribution in [3.05, 3.63) is 48.3 Å². The van der Waals surface area contributed by atoms with Crippen LogP contribution in [0.2, 0.25) is 0 Å². The summed E-state index contributed by atoms with van der Waals surface area (Å²) >= 11 is 4.17. The van der Waals surface area contributed by atoms with Gasteiger partial charge in [0.1, 0.15) is 18.1 Å². The summed E-state index contributed by atoms with van der Waals surface area (Å²) in [6, 6.07) is 8.69. The Balaban J connectivity index is 1.99. The number of phenols is 1. The first-order valence-corrected chi connectivity index (χ1v) is 5.23. The SMILES string of the molecule is Oc1ccc(COc2cncc(S)c2)cc1. The van der Waals surface area contributed by atoms with Gasteiger partial charge in [0.15, 0.2) is 0 Å². The van der Waals surface area contributed by atoms with E-state index in [4.69, 9.17) is 9.84 Å². The maximum atomic E-state index is 9.12. The third-order valence-electron chi connectivity index (χ3n) is 2.04. The van der Waals surface area contributed by atoms with Crippen molar-refractivity contribution in [2.75, 3.05) is 0 Å². The predicted molar refractivity (Wildman–Crippen MR) is 63.9 cm³/mol. The molecule has 1 heterocycles. The highest BCUT2D eigenvalue weighted by atomic mass is 32.1. The fraction of sp³-hybridized carbons (Fsp3) is 0.0833. The van der Waals surface area contributed by atoms with E-state index in [0.29, 0.717) is 12.4 Å². The van der Waals surface area contributed by atoms with E-state index >= 15 is 0 Å². The van der Waals surface area contributed by atoms with Crippen LogP contribution in [0.1, 0.15) is 5.56 Å². The molecular weight excluding hydrogens is 222 g/mol. The fourth-order valence-corrected chi connectivity index (χ4v) is 1.44. The van der Waals surface area contributed by atoms with Crippen LogP contribution in [-0.4, -0.2) is 10.1 Å². The van der Waals surface area contributed by atoms with Gasteiger partial charge in [-0.15, -0.1) is 12.6 Å². The maximum Gasteiger partial charge on any atom is 0.139 e. The molecule has 0 saturated carbocycles. The summed E-state index contributed by atoms with van der Waals surface area (Å²) < 4.78 is 5.52. The quantitative estimate of drug-likeness (QED) is 0.801. The molecular formula is C12H11NO2S. The van der Waals surface area contributed by atoms with Crippen LogP contribution in [0.5, 0.6) is 11.5 Å². The number of benzene rings is 1. The van der Waals surface area contributed by atoms with Crippen molar-refractivity contribution in [3.63, 3.8) is 0 Å². The number of aromatic nitrogens is 1. The van der Waals surface area contributed by atoms with E-state index in [9.17, 15) is 0 Å². The van der Waals surface area contributed by atoms with Crippen molar-refractivity contribution >= 4 is 12.6 Å². The molecule has 16 heavy (non-hydrogen) atoms. The molecule has 1 aromatic heterocycles. The van der Waals surface area contributed by atoms with Crippen molar-refractivity contribution in [1.29, 1.82) is 0 Å². The summed E-state index contributed by atoms with van der Waals surface area (Å²) in [5.74, 6) is 0.934. The van der Waals surface area contributed by atoms with Crippen molar-refractivity contribution < 1.29 is 9.84 Å². The van der Waals surface area contributed by atoms with Crippen molar-refractivity contribution in [3.8, 4) is 11.5 Å². The van der Waals surface area contributed by atoms with Gasteiger partial charge in [0.05, 0.1) is 6.20 Å². The monoisotopic (exact) mass is 233 g/mol. The Morgan fingerprint density at radius 2 is 1.94 bits per heavy atom. The number of pyridine rings is 1. The van der Waals surface area contributed by atoms with E-state index in [-0.39, 0.29) is 5.75 Å². The largest absolute Gasteiger partial charge is 0.508 e. The number of aromatic hydroxyl groups is 1. The van der Waals surface area contributed by atoms with Gasteiger partial charge in [-0.1, -0.05) is 12.1 Å². The lowest BCUT2D eigenvalue weighted by Gasteiger charge is -2.06. The highest BCUT2D eigenvalue weighted by Crippen LogP contribution is 2.16. The zero-order valence-electron chi connectivity index (χ0n) is 8.50. The maximum absolute atomic E-state index is 9.12. The molecule has 0 bridgehead atoms. The molecule has 2 aromatic rings. The molecule has 0 atom stereocenters. The summed E-state index contributed by atoms with van der Waals surface area (Å²) in [5, 5.41) is 9.12. The van der Waals surface area contributed by atoms with Gasteiger partial charge in [-0.2, -0.15) is 0 Å². The van der Waals surface area contributed by atoms with E-state index in [1.165, 1.54) is 0 Å². The molecule has 0 amide bonds. The van der Waals surface area contributed by atoms with Crippen LogP contribution < -0.4 is 4.74 Å². The van der Waals surface area contributed by atoms with Crippen LogP contribution in [0.4, 0.5) is 0 Å². The summed E-state index contributed by atoms with van der Waals surface area (Å²) in [7, 11) is 0. The van der Waals surface area contributed by atoms with E-state index in [0.717, 1.165) is 10.5 Å². The Bertz CT molecular complexity index is 471. The molecule has 2 rings (SSSR count). The van der Waals surface area contributed by atoms with Gasteiger partial charge in [-0.25, -0.2) is 0 Å². The molecule has 0 aliphatic carbocycles. The Morgan fingerprint density at radius 3 is 2.62 bits per heavy atom. The molecule has 0 unspecified atom stereocenters. The molecule has 0 radical (unpaired) electrons. The predicted octanol–water partition coefficient (Wildman–Crippen LogP) is 2.65. The highest BCUT2D eigenvalue weighted by Gasteiger charge is 1.97. The van der Waals surface area contributed by atoms with E-state index in [1.54, 1.807) is 30.6 Å². The normalized spacial score (nSPS) is 10.1. The minimum atomic E-state index is 0.253. The molecule has 0 saturated heterocycles. The zero-order chi connectivity index (χ0) is 11.4. The summed E-state index contributed by atoms with van der Waals surface area (Å²) in [6.45, 7) is 0.444. The number of nitrogens with zero attached hydrogens (tertiary/aromatic N) is 1. The Hall–Kier alpha value is -1.68. The first kappa shape index (κ1) is 10.8. The minimum absolute atomic E-state index is 0.253. The molecule has 0 fully saturated rings. The van der Waals surface area contributed by atoms with Crippen LogP contribution in [0.3, 0.4) is 0 Å². The van der Waals surface area contributed by atoms with Gasteiger partial charge in [-0.05, 0) is 23.8 Å². The number of hydrogen-bond donors (Lipinski definition) is 2. The minimum Gasteiger partial charge on any atom is -0.508 e. The van der Waals surface area contributed by atoms with E-state index in [2.05, 4.69) is 17.6 Å². The van der Waals surface area contributed by atoms with Crippen LogP contribution in [0.25, 0.3) is 0 Å². The Kier molecular flexibility index (Phi) is 3.31. The molecule has 1 aromatic carbocycles. The highest BCUT2D eigenvalue weighted by molar-refractivity contribution is 7.80. The first-order valence-electron chi connectivity index (χ1n) is 4.79. The Labute approximate surface area is 99.1 Å². The topological polar surface area (TPSA) is 42.4 Å². The average Bonchev–Trinajstić information content (AvgIpc) is 2.28. The van der Waals surface area contributed by atoms with Gasteiger partial charge in [0.2, 0.25) is 0 Å². The second kappa shape index (κ2) is 4.90. The van der Waals surface area contributed by atoms with Gasteiger partial charge in [0, 0.05) is 11.1 Å². The second-order valence-corrected chi connectivity index (χ2v) is 3.85. The number of hydrogen-bond acceptors (Lipinski definition) is 4. The van der Waals surface area contributed by atoms with Gasteiger partial charge in [0.25, 0.3) is 0 Å². The van der Waals surface area contributed by atoms with Gasteiger partial charge >= 0.3 is 0 Å². The third kappa shape index (κ3) is 2.90. The van der Waals surface area contributed by atoms with E-state index in [1.807, 2.05) is 12.1 Å². The van der Waals surface area contributed by atoms with Gasteiger partial charge < -0.3 is 9.84 Å². The van der Waals surface area contributed by atoms with E-state index < -0.39 is 0 Å². The van der Waals surface area contributed by atoms with Crippen LogP contribution in [0, 0.1) is 0 Å². The standard InChI is InChI=1S/C12H11NO2S/c14-10-3-1-9(2-4-10)8-15-11-5-12(16)7-13-6-11/h1-7,14,16H,8H2. The molecule has 0 spiro atoms.